The Labute approximate surface area is 174 Å². The lowest BCUT2D eigenvalue weighted by Crippen LogP contribution is -2.43. The van der Waals surface area contributed by atoms with E-state index in [2.05, 4.69) is 10.9 Å². The number of rotatable bonds is 5. The maximum Gasteiger partial charge on any atom is 0.340 e. The van der Waals surface area contributed by atoms with Crippen molar-refractivity contribution < 1.29 is 23.9 Å². The molecular formula is C17H14Cl3N3O5. The van der Waals surface area contributed by atoms with Crippen LogP contribution in [-0.2, 0) is 9.53 Å². The summed E-state index contributed by atoms with van der Waals surface area (Å²) in [6.07, 6.45) is 0. The molecule has 0 atom stereocenters. The van der Waals surface area contributed by atoms with Gasteiger partial charge in [0.05, 0.1) is 28.9 Å². The fraction of sp³-hybridized carbons (Fsp3) is 0.118. The Morgan fingerprint density at radius 3 is 2.36 bits per heavy atom. The van der Waals surface area contributed by atoms with E-state index < -0.39 is 24.4 Å². The van der Waals surface area contributed by atoms with Gasteiger partial charge in [0.15, 0.2) is 6.61 Å². The van der Waals surface area contributed by atoms with Gasteiger partial charge in [0.2, 0.25) is 0 Å². The van der Waals surface area contributed by atoms with E-state index in [0.717, 1.165) is 0 Å². The van der Waals surface area contributed by atoms with Crippen molar-refractivity contribution in [3.63, 3.8) is 0 Å². The molecule has 0 saturated heterocycles. The molecule has 0 aromatic heterocycles. The highest BCUT2D eigenvalue weighted by atomic mass is 35.5. The van der Waals surface area contributed by atoms with E-state index in [9.17, 15) is 14.4 Å². The molecule has 0 aliphatic heterocycles. The number of carbonyl (C=O) groups is 3. The van der Waals surface area contributed by atoms with Crippen molar-refractivity contribution in [1.29, 1.82) is 0 Å². The number of nitrogens with two attached hydrogens (primary N) is 1. The molecule has 0 unspecified atom stereocenters. The van der Waals surface area contributed by atoms with Gasteiger partial charge in [0.1, 0.15) is 5.75 Å². The second-order valence-electron chi connectivity index (χ2n) is 5.27. The molecule has 0 fully saturated rings. The molecule has 148 valence electrons. The second kappa shape index (κ2) is 9.50. The molecular weight excluding hydrogens is 433 g/mol. The number of anilines is 1. The van der Waals surface area contributed by atoms with Gasteiger partial charge in [-0.3, -0.25) is 20.4 Å². The van der Waals surface area contributed by atoms with Crippen molar-refractivity contribution in [1.82, 2.24) is 10.9 Å². The summed E-state index contributed by atoms with van der Waals surface area (Å²) in [6.45, 7) is -0.685. The minimum Gasteiger partial charge on any atom is -0.496 e. The number of amides is 2. The fourth-order valence-electron chi connectivity index (χ4n) is 2.05. The SMILES string of the molecule is COc1ccc(Cl)cc1C(=O)NNC(=O)COC(=O)c1cc(Cl)cc(Cl)c1N. The van der Waals surface area contributed by atoms with Gasteiger partial charge in [-0.2, -0.15) is 0 Å². The molecule has 2 aromatic rings. The molecule has 0 aliphatic rings. The van der Waals surface area contributed by atoms with Crippen LogP contribution in [0.15, 0.2) is 30.3 Å². The minimum absolute atomic E-state index is 0.0298. The normalized spacial score (nSPS) is 10.1. The number of hydrogen-bond acceptors (Lipinski definition) is 6. The Balaban J connectivity index is 1.92. The van der Waals surface area contributed by atoms with Crippen molar-refractivity contribution in [3.8, 4) is 5.75 Å². The topological polar surface area (TPSA) is 120 Å². The summed E-state index contributed by atoms with van der Waals surface area (Å²) in [5.74, 6) is -2.12. The number of halogens is 3. The summed E-state index contributed by atoms with van der Waals surface area (Å²) >= 11 is 17.5. The Kier molecular flexibility index (Phi) is 7.33. The molecule has 0 heterocycles. The molecule has 2 amide bonds. The Morgan fingerprint density at radius 2 is 1.68 bits per heavy atom. The van der Waals surface area contributed by atoms with E-state index in [0.29, 0.717) is 5.02 Å². The van der Waals surface area contributed by atoms with Gasteiger partial charge < -0.3 is 15.2 Å². The molecule has 4 N–H and O–H groups in total. The van der Waals surface area contributed by atoms with Gasteiger partial charge in [-0.15, -0.1) is 0 Å². The summed E-state index contributed by atoms with van der Waals surface area (Å²) in [7, 11) is 1.38. The van der Waals surface area contributed by atoms with E-state index in [1.807, 2.05) is 0 Å². The number of benzene rings is 2. The van der Waals surface area contributed by atoms with Crippen LogP contribution in [-0.4, -0.2) is 31.5 Å². The average Bonchev–Trinajstić information content (AvgIpc) is 2.66. The van der Waals surface area contributed by atoms with Crippen LogP contribution < -0.4 is 21.3 Å². The number of esters is 1. The van der Waals surface area contributed by atoms with Crippen LogP contribution >= 0.6 is 34.8 Å². The third-order valence-electron chi connectivity index (χ3n) is 3.37. The van der Waals surface area contributed by atoms with Crippen molar-refractivity contribution in [3.05, 3.63) is 56.5 Å². The molecule has 28 heavy (non-hydrogen) atoms. The predicted octanol–water partition coefficient (Wildman–Crippen LogP) is 2.86. The van der Waals surface area contributed by atoms with Crippen LogP contribution in [0.2, 0.25) is 15.1 Å². The summed E-state index contributed by atoms with van der Waals surface area (Å²) in [4.78, 5) is 36.0. The molecule has 8 nitrogen and oxygen atoms in total. The van der Waals surface area contributed by atoms with Crippen LogP contribution in [0.1, 0.15) is 20.7 Å². The molecule has 11 heteroatoms. The number of carbonyl (C=O) groups excluding carboxylic acids is 3. The zero-order chi connectivity index (χ0) is 20.8. The highest BCUT2D eigenvalue weighted by Gasteiger charge is 2.18. The van der Waals surface area contributed by atoms with E-state index in [1.165, 1.54) is 31.4 Å². The number of hydrogen-bond donors (Lipinski definition) is 3. The highest BCUT2D eigenvalue weighted by molar-refractivity contribution is 6.37. The van der Waals surface area contributed by atoms with Gasteiger partial charge in [-0.05, 0) is 30.3 Å². The standard InChI is InChI=1S/C17H14Cl3N3O5/c1-27-13-3-2-8(18)4-10(13)16(25)23-22-14(24)7-28-17(26)11-5-9(19)6-12(20)15(11)21/h2-6H,7,21H2,1H3,(H,22,24)(H,23,25). The maximum atomic E-state index is 12.1. The van der Waals surface area contributed by atoms with Crippen LogP contribution in [0.25, 0.3) is 0 Å². The Bertz CT molecular complexity index is 936. The van der Waals surface area contributed by atoms with Crippen LogP contribution in [0, 0.1) is 0 Å². The Hall–Kier alpha value is -2.68. The van der Waals surface area contributed by atoms with Crippen molar-refractivity contribution >= 4 is 58.3 Å². The zero-order valence-electron chi connectivity index (χ0n) is 14.3. The van der Waals surface area contributed by atoms with Crippen molar-refractivity contribution in [2.45, 2.75) is 0 Å². The van der Waals surface area contributed by atoms with Gasteiger partial charge in [-0.25, -0.2) is 4.79 Å². The number of nitrogens with one attached hydrogen (secondary N) is 2. The molecule has 2 aromatic carbocycles. The number of hydrazine groups is 1. The molecule has 0 radical (unpaired) electrons. The predicted molar refractivity (Wildman–Crippen MR) is 105 cm³/mol. The summed E-state index contributed by atoms with van der Waals surface area (Å²) in [5, 5.41) is 0.564. The molecule has 0 bridgehead atoms. The third-order valence-corrected chi connectivity index (χ3v) is 4.14. The smallest absolute Gasteiger partial charge is 0.340 e. The number of nitrogen functional groups attached to an aromatic ring is 1. The quantitative estimate of drug-likeness (QED) is 0.369. The highest BCUT2D eigenvalue weighted by Crippen LogP contribution is 2.28. The molecule has 0 spiro atoms. The van der Waals surface area contributed by atoms with Gasteiger partial charge in [0.25, 0.3) is 11.8 Å². The minimum atomic E-state index is -0.903. The average molecular weight is 447 g/mol. The van der Waals surface area contributed by atoms with Gasteiger partial charge in [0, 0.05) is 10.0 Å². The first-order valence-corrected chi connectivity index (χ1v) is 8.70. The van der Waals surface area contributed by atoms with Crippen LogP contribution in [0.3, 0.4) is 0 Å². The van der Waals surface area contributed by atoms with Gasteiger partial charge in [-0.1, -0.05) is 34.8 Å². The first-order valence-electron chi connectivity index (χ1n) is 7.57. The first-order chi connectivity index (χ1) is 13.2. The number of ether oxygens (including phenoxy) is 2. The van der Waals surface area contributed by atoms with E-state index >= 15 is 0 Å². The molecule has 0 saturated carbocycles. The second-order valence-corrected chi connectivity index (χ2v) is 6.55. The maximum absolute atomic E-state index is 12.1. The monoisotopic (exact) mass is 445 g/mol. The van der Waals surface area contributed by atoms with Crippen molar-refractivity contribution in [2.75, 3.05) is 19.5 Å². The third kappa shape index (κ3) is 5.41. The van der Waals surface area contributed by atoms with E-state index in [-0.39, 0.29) is 32.6 Å². The lowest BCUT2D eigenvalue weighted by Gasteiger charge is -2.11. The van der Waals surface area contributed by atoms with Crippen LogP contribution in [0.4, 0.5) is 5.69 Å². The lowest BCUT2D eigenvalue weighted by atomic mass is 10.2. The number of methoxy groups -OCH3 is 1. The largest absolute Gasteiger partial charge is 0.496 e. The molecule has 2 rings (SSSR count). The Morgan fingerprint density at radius 1 is 1.00 bits per heavy atom. The first kappa shape index (κ1) is 21.6. The zero-order valence-corrected chi connectivity index (χ0v) is 16.6. The van der Waals surface area contributed by atoms with Crippen molar-refractivity contribution in [2.24, 2.45) is 0 Å². The van der Waals surface area contributed by atoms with E-state index in [4.69, 9.17) is 50.0 Å². The fourth-order valence-corrected chi connectivity index (χ4v) is 2.72. The lowest BCUT2D eigenvalue weighted by molar-refractivity contribution is -0.125. The van der Waals surface area contributed by atoms with Crippen LogP contribution in [0.5, 0.6) is 5.75 Å². The van der Waals surface area contributed by atoms with Gasteiger partial charge >= 0.3 is 5.97 Å². The summed E-state index contributed by atoms with van der Waals surface area (Å²) in [6, 6.07) is 7.04. The van der Waals surface area contributed by atoms with E-state index in [1.54, 1.807) is 6.07 Å². The summed E-state index contributed by atoms with van der Waals surface area (Å²) < 4.78 is 9.89. The molecule has 0 aliphatic carbocycles. The summed E-state index contributed by atoms with van der Waals surface area (Å²) in [5.41, 5.74) is 9.94.